The fourth-order valence-corrected chi connectivity index (χ4v) is 3.28. The number of rotatable bonds is 5. The van der Waals surface area contributed by atoms with Gasteiger partial charge in [0.15, 0.2) is 0 Å². The normalized spacial score (nSPS) is 22.2. The van der Waals surface area contributed by atoms with E-state index >= 15 is 0 Å². The molecule has 112 valence electrons. The fraction of sp³-hybridized carbons (Fsp3) is 0.733. The molecule has 1 saturated carbocycles. The molecule has 2 atom stereocenters. The van der Waals surface area contributed by atoms with Crippen molar-refractivity contribution in [1.29, 1.82) is 0 Å². The molecule has 1 aliphatic rings. The Morgan fingerprint density at radius 2 is 2.25 bits per heavy atom. The van der Waals surface area contributed by atoms with E-state index in [-0.39, 0.29) is 11.9 Å². The largest absolute Gasteiger partial charge is 0.334 e. The Hall–Kier alpha value is -1.36. The van der Waals surface area contributed by atoms with Crippen molar-refractivity contribution in [1.82, 2.24) is 14.7 Å². The third-order valence-electron chi connectivity index (χ3n) is 4.44. The molecule has 0 radical (unpaired) electrons. The van der Waals surface area contributed by atoms with Gasteiger partial charge >= 0.3 is 0 Å². The molecule has 1 fully saturated rings. The maximum absolute atomic E-state index is 12.8. The van der Waals surface area contributed by atoms with E-state index < -0.39 is 0 Å². The molecule has 0 aromatic carbocycles. The molecule has 1 aliphatic carbocycles. The minimum Gasteiger partial charge on any atom is -0.334 e. The molecule has 0 spiro atoms. The first-order chi connectivity index (χ1) is 9.62. The number of hydrogen-bond acceptors (Lipinski definition) is 3. The first-order valence-electron chi connectivity index (χ1n) is 7.66. The number of aromatic nitrogens is 2. The van der Waals surface area contributed by atoms with Crippen molar-refractivity contribution in [3.8, 4) is 0 Å². The van der Waals surface area contributed by atoms with Gasteiger partial charge in [-0.1, -0.05) is 13.3 Å². The number of aryl methyl sites for hydroxylation is 2. The smallest absolute Gasteiger partial charge is 0.272 e. The first-order valence-corrected chi connectivity index (χ1v) is 7.66. The van der Waals surface area contributed by atoms with Crippen molar-refractivity contribution in [2.24, 2.45) is 18.7 Å². The average Bonchev–Trinajstić information content (AvgIpc) is 3.05. The highest BCUT2D eigenvalue weighted by molar-refractivity contribution is 5.93. The van der Waals surface area contributed by atoms with Gasteiger partial charge in [0.25, 0.3) is 5.91 Å². The number of hydrogen-bond donors (Lipinski definition) is 1. The molecule has 2 rings (SSSR count). The third kappa shape index (κ3) is 2.73. The Bertz CT molecular complexity index is 468. The average molecular weight is 278 g/mol. The van der Waals surface area contributed by atoms with Crippen LogP contribution in [0.5, 0.6) is 0 Å². The van der Waals surface area contributed by atoms with Crippen LogP contribution in [-0.2, 0) is 13.5 Å². The third-order valence-corrected chi connectivity index (χ3v) is 4.44. The molecule has 1 heterocycles. The summed E-state index contributed by atoms with van der Waals surface area (Å²) >= 11 is 0. The lowest BCUT2D eigenvalue weighted by Crippen LogP contribution is -2.44. The van der Waals surface area contributed by atoms with E-state index in [1.165, 1.54) is 6.42 Å². The van der Waals surface area contributed by atoms with Gasteiger partial charge in [-0.15, -0.1) is 0 Å². The molecule has 1 aromatic rings. The summed E-state index contributed by atoms with van der Waals surface area (Å²) in [6.07, 6.45) is 4.22. The summed E-state index contributed by atoms with van der Waals surface area (Å²) in [5, 5.41) is 4.38. The molecule has 20 heavy (non-hydrogen) atoms. The Morgan fingerprint density at radius 1 is 1.50 bits per heavy atom. The summed E-state index contributed by atoms with van der Waals surface area (Å²) in [5.74, 6) is 0.533. The molecule has 1 aromatic heterocycles. The van der Waals surface area contributed by atoms with Crippen molar-refractivity contribution in [2.75, 3.05) is 13.1 Å². The van der Waals surface area contributed by atoms with Gasteiger partial charge in [0.2, 0.25) is 0 Å². The standard InChI is InChI=1S/C15H26N4O/c1-4-12-9-14(18(3)17-12)15(20)19(5-2)13-8-6-7-11(13)10-16/h9,11,13H,4-8,10,16H2,1-3H3. The zero-order valence-electron chi connectivity index (χ0n) is 12.8. The molecule has 0 aliphatic heterocycles. The number of amides is 1. The summed E-state index contributed by atoms with van der Waals surface area (Å²) in [7, 11) is 1.84. The van der Waals surface area contributed by atoms with Crippen LogP contribution in [0.15, 0.2) is 6.07 Å². The lowest BCUT2D eigenvalue weighted by atomic mass is 10.0. The molecule has 0 saturated heterocycles. The van der Waals surface area contributed by atoms with Crippen LogP contribution >= 0.6 is 0 Å². The predicted molar refractivity (Wildman–Crippen MR) is 79.5 cm³/mol. The van der Waals surface area contributed by atoms with Crippen molar-refractivity contribution in [3.05, 3.63) is 17.5 Å². The molecule has 0 bridgehead atoms. The van der Waals surface area contributed by atoms with Crippen molar-refractivity contribution in [3.63, 3.8) is 0 Å². The van der Waals surface area contributed by atoms with Crippen LogP contribution in [0.3, 0.4) is 0 Å². The Kier molecular flexibility index (Phi) is 4.81. The van der Waals surface area contributed by atoms with Crippen LogP contribution in [0.25, 0.3) is 0 Å². The topological polar surface area (TPSA) is 64.2 Å². The summed E-state index contributed by atoms with van der Waals surface area (Å²) in [6, 6.07) is 2.20. The van der Waals surface area contributed by atoms with E-state index in [2.05, 4.69) is 12.0 Å². The van der Waals surface area contributed by atoms with Gasteiger partial charge in [-0.2, -0.15) is 5.10 Å². The number of carbonyl (C=O) groups excluding carboxylic acids is 1. The van der Waals surface area contributed by atoms with Crippen LogP contribution < -0.4 is 5.73 Å². The van der Waals surface area contributed by atoms with Gasteiger partial charge < -0.3 is 10.6 Å². The summed E-state index contributed by atoms with van der Waals surface area (Å²) in [5.41, 5.74) is 7.51. The minimum absolute atomic E-state index is 0.0903. The van der Waals surface area contributed by atoms with Gasteiger partial charge in [-0.25, -0.2) is 0 Å². The number of nitrogens with zero attached hydrogens (tertiary/aromatic N) is 3. The Morgan fingerprint density at radius 3 is 2.80 bits per heavy atom. The highest BCUT2D eigenvalue weighted by atomic mass is 16.2. The second-order valence-electron chi connectivity index (χ2n) is 5.58. The first kappa shape index (κ1) is 15.0. The molecule has 5 heteroatoms. The van der Waals surface area contributed by atoms with Crippen LogP contribution in [0, 0.1) is 5.92 Å². The fourth-order valence-electron chi connectivity index (χ4n) is 3.28. The van der Waals surface area contributed by atoms with Crippen molar-refractivity contribution >= 4 is 5.91 Å². The molecule has 2 unspecified atom stereocenters. The van der Waals surface area contributed by atoms with Gasteiger partial charge in [0.1, 0.15) is 5.69 Å². The molecule has 1 amide bonds. The van der Waals surface area contributed by atoms with E-state index in [0.29, 0.717) is 18.2 Å². The van der Waals surface area contributed by atoms with Gasteiger partial charge in [-0.3, -0.25) is 9.48 Å². The Labute approximate surface area is 121 Å². The Balaban J connectivity index is 2.22. The van der Waals surface area contributed by atoms with Crippen molar-refractivity contribution < 1.29 is 4.79 Å². The highest BCUT2D eigenvalue weighted by Crippen LogP contribution is 2.30. The maximum atomic E-state index is 12.8. The molecular formula is C15H26N4O. The summed E-state index contributed by atoms with van der Waals surface area (Å²) in [4.78, 5) is 14.8. The summed E-state index contributed by atoms with van der Waals surface area (Å²) < 4.78 is 1.70. The van der Waals surface area contributed by atoms with Crippen LogP contribution in [0.4, 0.5) is 0 Å². The maximum Gasteiger partial charge on any atom is 0.272 e. The lowest BCUT2D eigenvalue weighted by Gasteiger charge is -2.31. The zero-order chi connectivity index (χ0) is 14.7. The molecule has 2 N–H and O–H groups in total. The van der Waals surface area contributed by atoms with Crippen molar-refractivity contribution in [2.45, 2.75) is 45.6 Å². The van der Waals surface area contributed by atoms with Gasteiger partial charge in [0.05, 0.1) is 5.69 Å². The number of carbonyl (C=O) groups is 1. The van der Waals surface area contributed by atoms with Gasteiger partial charge in [0, 0.05) is 19.6 Å². The van der Waals surface area contributed by atoms with E-state index in [1.807, 2.05) is 24.9 Å². The van der Waals surface area contributed by atoms with Crippen LogP contribution in [0.2, 0.25) is 0 Å². The van der Waals surface area contributed by atoms with E-state index in [9.17, 15) is 4.79 Å². The predicted octanol–water partition coefficient (Wildman–Crippen LogP) is 1.57. The van der Waals surface area contributed by atoms with E-state index in [1.54, 1.807) is 4.68 Å². The molecular weight excluding hydrogens is 252 g/mol. The van der Waals surface area contributed by atoms with E-state index in [4.69, 9.17) is 5.73 Å². The second kappa shape index (κ2) is 6.39. The van der Waals surface area contributed by atoms with E-state index in [0.717, 1.165) is 31.5 Å². The highest BCUT2D eigenvalue weighted by Gasteiger charge is 2.34. The zero-order valence-corrected chi connectivity index (χ0v) is 12.8. The summed E-state index contributed by atoms with van der Waals surface area (Å²) in [6.45, 7) is 5.49. The lowest BCUT2D eigenvalue weighted by molar-refractivity contribution is 0.0640. The quantitative estimate of drug-likeness (QED) is 0.889. The van der Waals surface area contributed by atoms with Crippen LogP contribution in [0.1, 0.15) is 49.3 Å². The second-order valence-corrected chi connectivity index (χ2v) is 5.58. The number of nitrogens with two attached hydrogens (primary N) is 1. The molecule has 5 nitrogen and oxygen atoms in total. The van der Waals surface area contributed by atoms with Crippen LogP contribution in [-0.4, -0.2) is 39.7 Å². The minimum atomic E-state index is 0.0903. The SMILES string of the molecule is CCc1cc(C(=O)N(CC)C2CCCC2CN)n(C)n1. The van der Waals surface area contributed by atoms with Gasteiger partial charge in [-0.05, 0) is 44.7 Å². The monoisotopic (exact) mass is 278 g/mol.